The third-order valence-corrected chi connectivity index (χ3v) is 19.1. The van der Waals surface area contributed by atoms with Crippen LogP contribution in [0.5, 0.6) is 5.75 Å². The number of carbonyl (C=O) groups excluding carboxylic acids is 4. The van der Waals surface area contributed by atoms with Gasteiger partial charge in [0.15, 0.2) is 20.6 Å². The molecule has 0 radical (unpaired) electrons. The van der Waals surface area contributed by atoms with Crippen molar-refractivity contribution in [3.05, 3.63) is 98.7 Å². The smallest absolute Gasteiger partial charge is 0.360 e. The second kappa shape index (κ2) is 14.7. The van der Waals surface area contributed by atoms with Crippen LogP contribution in [0, 0.1) is 22.0 Å². The predicted molar refractivity (Wildman–Crippen MR) is 219 cm³/mol. The Morgan fingerprint density at radius 1 is 0.879 bits per heavy atom. The van der Waals surface area contributed by atoms with E-state index in [2.05, 4.69) is 26.8 Å². The standard InChI is InChI=1S/C44H52N5O8Si/c1-6-58(7-2,8-3)57-28(5)39-40-27(4)38(41(46(40)43(39)52)44(53)56-32-13-11-31(12-14-32)47(54)55)30-10-16-34-35(24-30)33-15-9-29(23-36(33)42(34)51)25-48-17-20-49(21-18-48,22-19-48)26-37(45)50/h9-16,23-24,27-28,39-40H,6-8,17-22,25-26H2,1-5H3,(H-,45,50)/q+1/p+1/t27-,28+,39+,40+,48?,49?/m0/s1. The Balaban J connectivity index is 1.11. The molecule has 4 saturated heterocycles. The molecule has 9 rings (SSSR count). The summed E-state index contributed by atoms with van der Waals surface area (Å²) in [7, 11) is -2.06. The van der Waals surface area contributed by atoms with Gasteiger partial charge >= 0.3 is 5.97 Å². The van der Waals surface area contributed by atoms with Crippen molar-refractivity contribution in [2.75, 3.05) is 45.8 Å². The van der Waals surface area contributed by atoms with E-state index in [9.17, 15) is 29.3 Å². The number of carbonyl (C=O) groups is 4. The second-order valence-corrected chi connectivity index (χ2v) is 22.0. The van der Waals surface area contributed by atoms with E-state index >= 15 is 0 Å². The average molecular weight is 808 g/mol. The molecule has 0 unspecified atom stereocenters. The number of nitrogens with two attached hydrogens (primary N) is 1. The highest BCUT2D eigenvalue weighted by atomic mass is 28.4. The molecule has 58 heavy (non-hydrogen) atoms. The lowest BCUT2D eigenvalue weighted by Gasteiger charge is -2.55. The first-order valence-corrected chi connectivity index (χ1v) is 23.2. The van der Waals surface area contributed by atoms with Gasteiger partial charge in [0.05, 0.1) is 23.0 Å². The van der Waals surface area contributed by atoms with Crippen molar-refractivity contribution in [2.24, 2.45) is 17.6 Å². The van der Waals surface area contributed by atoms with Crippen molar-refractivity contribution in [3.63, 3.8) is 0 Å². The third kappa shape index (κ3) is 6.50. The van der Waals surface area contributed by atoms with Gasteiger partial charge in [-0.2, -0.15) is 0 Å². The molecule has 14 heteroatoms. The fourth-order valence-electron chi connectivity index (χ4n) is 10.7. The molecule has 0 saturated carbocycles. The fraction of sp³-hybridized carbons (Fsp3) is 0.455. The summed E-state index contributed by atoms with van der Waals surface area (Å²) < 4.78 is 14.4. The minimum atomic E-state index is -2.06. The topological polar surface area (TPSA) is 159 Å². The SMILES string of the molecule is CC[Si](CC)(CC)O[C@H](C)[C@H]1C(=O)N2C(C(=O)Oc3ccc([N+](=O)[O-])cc3)=C(c3ccc4c(c3)-c3ccc(C[N+]56CC[N+](CC(N)=O)(CC5)CC6)cc3C4=O)[C@H](C)[C@H]12. The Bertz CT molecular complexity index is 2240. The molecule has 6 aliphatic rings. The van der Waals surface area contributed by atoms with E-state index in [0.29, 0.717) is 23.2 Å². The summed E-state index contributed by atoms with van der Waals surface area (Å²) in [5, 5.41) is 11.3. The van der Waals surface area contributed by atoms with Gasteiger partial charge in [0.25, 0.3) is 11.6 Å². The molecule has 2 bridgehead atoms. The predicted octanol–water partition coefficient (Wildman–Crippen LogP) is 5.66. The number of benzene rings is 3. The van der Waals surface area contributed by atoms with Gasteiger partial charge in [-0.15, -0.1) is 0 Å². The maximum absolute atomic E-state index is 14.2. The normalized spacial score (nSPS) is 26.2. The number of primary amides is 1. The van der Waals surface area contributed by atoms with Crippen LogP contribution in [0.25, 0.3) is 16.7 Å². The van der Waals surface area contributed by atoms with Crippen molar-refractivity contribution in [3.8, 4) is 16.9 Å². The number of nitro benzene ring substituents is 1. The highest BCUT2D eigenvalue weighted by Gasteiger charge is 2.61. The lowest BCUT2D eigenvalue weighted by atomic mass is 9.76. The van der Waals surface area contributed by atoms with Crippen molar-refractivity contribution < 1.29 is 42.2 Å². The van der Waals surface area contributed by atoms with E-state index in [1.807, 2.05) is 44.2 Å². The van der Waals surface area contributed by atoms with Crippen LogP contribution in [0.1, 0.15) is 61.7 Å². The summed E-state index contributed by atoms with van der Waals surface area (Å²) in [6.07, 6.45) is -0.343. The van der Waals surface area contributed by atoms with Crippen LogP contribution >= 0.6 is 0 Å². The first-order chi connectivity index (χ1) is 27.7. The molecule has 2 N–H and O–H groups in total. The summed E-state index contributed by atoms with van der Waals surface area (Å²) >= 11 is 0. The van der Waals surface area contributed by atoms with Crippen LogP contribution in [0.4, 0.5) is 5.69 Å². The molecule has 13 nitrogen and oxygen atoms in total. The Morgan fingerprint density at radius 2 is 1.50 bits per heavy atom. The van der Waals surface area contributed by atoms with Crippen molar-refractivity contribution in [2.45, 2.75) is 71.4 Å². The minimum absolute atomic E-state index is 0.0421. The summed E-state index contributed by atoms with van der Waals surface area (Å²) in [5.41, 5.74) is 10.9. The van der Waals surface area contributed by atoms with Gasteiger partial charge in [0, 0.05) is 34.7 Å². The highest BCUT2D eigenvalue weighted by molar-refractivity contribution is 6.73. The van der Waals surface area contributed by atoms with Crippen molar-refractivity contribution in [1.29, 1.82) is 0 Å². The minimum Gasteiger partial charge on any atom is -0.422 e. The fourth-order valence-corrected chi connectivity index (χ4v) is 13.6. The zero-order valence-electron chi connectivity index (χ0n) is 34.0. The number of rotatable bonds is 14. The van der Waals surface area contributed by atoms with Crippen LogP contribution in [-0.2, 0) is 25.4 Å². The molecule has 3 aromatic carbocycles. The van der Waals surface area contributed by atoms with E-state index < -0.39 is 25.1 Å². The van der Waals surface area contributed by atoms with E-state index in [1.165, 1.54) is 24.3 Å². The monoisotopic (exact) mass is 807 g/mol. The number of hydrogen-bond donors (Lipinski definition) is 1. The number of amides is 2. The molecule has 5 heterocycles. The van der Waals surface area contributed by atoms with Gasteiger partial charge in [-0.1, -0.05) is 45.9 Å². The summed E-state index contributed by atoms with van der Waals surface area (Å²) in [6.45, 7) is 17.4. The van der Waals surface area contributed by atoms with Crippen molar-refractivity contribution >= 4 is 43.1 Å². The third-order valence-electron chi connectivity index (χ3n) is 14.3. The van der Waals surface area contributed by atoms with Gasteiger partial charge in [-0.05, 0) is 77.7 Å². The largest absolute Gasteiger partial charge is 0.422 e. The second-order valence-electron chi connectivity index (χ2n) is 17.3. The zero-order valence-corrected chi connectivity index (χ0v) is 35.0. The summed E-state index contributed by atoms with van der Waals surface area (Å²) in [6, 6.07) is 19.6. The Morgan fingerprint density at radius 3 is 2.10 bits per heavy atom. The van der Waals surface area contributed by atoms with Gasteiger partial charge in [0.2, 0.25) is 5.91 Å². The van der Waals surface area contributed by atoms with Gasteiger partial charge in [0.1, 0.15) is 57.3 Å². The van der Waals surface area contributed by atoms with Gasteiger partial charge in [-0.25, -0.2) is 4.79 Å². The number of esters is 1. The number of nitrogens with zero attached hydrogens (tertiary/aromatic N) is 4. The molecule has 1 aliphatic carbocycles. The zero-order chi connectivity index (χ0) is 41.3. The first kappa shape index (κ1) is 39.8. The molecule has 0 aromatic heterocycles. The van der Waals surface area contributed by atoms with Crippen molar-refractivity contribution in [1.82, 2.24) is 4.90 Å². The molecular weight excluding hydrogens is 755 g/mol. The quantitative estimate of drug-likeness (QED) is 0.0326. The number of nitro groups is 1. The number of ketones is 1. The molecule has 5 aliphatic heterocycles. The molecule has 2 amide bonds. The number of fused-ring (bicyclic) bond motifs is 7. The van der Waals surface area contributed by atoms with Crippen LogP contribution < -0.4 is 10.5 Å². The van der Waals surface area contributed by atoms with Gasteiger partial charge < -0.3 is 28.8 Å². The van der Waals surface area contributed by atoms with Gasteiger partial charge in [-0.3, -0.25) is 24.5 Å². The maximum Gasteiger partial charge on any atom is 0.360 e. The first-order valence-electron chi connectivity index (χ1n) is 20.7. The van der Waals surface area contributed by atoms with E-state index in [-0.39, 0.29) is 52.8 Å². The van der Waals surface area contributed by atoms with E-state index in [1.54, 1.807) is 4.90 Å². The molecule has 304 valence electrons. The number of non-ortho nitro benzene ring substituents is 1. The van der Waals surface area contributed by atoms with E-state index in [0.717, 1.165) is 95.2 Å². The number of piperazine rings is 3. The molecule has 0 spiro atoms. The summed E-state index contributed by atoms with van der Waals surface area (Å²) in [4.78, 5) is 66.5. The van der Waals surface area contributed by atoms with Crippen LogP contribution in [0.2, 0.25) is 18.1 Å². The maximum atomic E-state index is 14.2. The number of quaternary nitrogens is 2. The summed E-state index contributed by atoms with van der Waals surface area (Å²) in [5.74, 6) is -1.81. The highest BCUT2D eigenvalue weighted by Crippen LogP contribution is 2.52. The Hall–Kier alpha value is -5.02. The number of hydrogen-bond acceptors (Lipinski definition) is 8. The molecule has 4 fully saturated rings. The van der Waals surface area contributed by atoms with Crippen LogP contribution in [-0.4, -0.2) is 109 Å². The molecule has 4 atom stereocenters. The Kier molecular flexibility index (Phi) is 10.1. The average Bonchev–Trinajstić information content (AvgIpc) is 3.64. The molecular formula is C44H53N5O8Si+2. The Labute approximate surface area is 339 Å². The number of ether oxygens (including phenoxy) is 1. The lowest BCUT2D eigenvalue weighted by molar-refractivity contribution is -1.08. The van der Waals surface area contributed by atoms with Crippen LogP contribution in [0.15, 0.2) is 66.4 Å². The number of β-lactam (4-membered cyclic amide) rings is 1. The van der Waals surface area contributed by atoms with E-state index in [4.69, 9.17) is 14.9 Å². The lowest BCUT2D eigenvalue weighted by Crippen LogP contribution is -2.75. The van der Waals surface area contributed by atoms with Crippen LogP contribution in [0.3, 0.4) is 0 Å². The molecule has 3 aromatic rings.